The fraction of sp³-hybridized carbons (Fsp3) is 0.944. The van der Waals surface area contributed by atoms with Gasteiger partial charge in [0, 0.05) is 50.3 Å². The molecule has 1 fully saturated rings. The number of carboxylic acid groups (broad SMARTS) is 1. The van der Waals surface area contributed by atoms with Crippen LogP contribution in [0.1, 0.15) is 32.1 Å². The van der Waals surface area contributed by atoms with Crippen molar-refractivity contribution in [2.24, 2.45) is 5.11 Å². The van der Waals surface area contributed by atoms with E-state index < -0.39 is 45.0 Å². The summed E-state index contributed by atoms with van der Waals surface area (Å²) in [7, 11) is -8.28. The van der Waals surface area contributed by atoms with E-state index in [-0.39, 0.29) is 13.0 Å². The molecule has 0 bridgehead atoms. The van der Waals surface area contributed by atoms with Gasteiger partial charge in [0.25, 0.3) is 0 Å². The third kappa shape index (κ3) is 14.1. The molecule has 192 valence electrons. The van der Waals surface area contributed by atoms with Crippen molar-refractivity contribution in [3.05, 3.63) is 10.4 Å². The molecule has 1 heterocycles. The summed E-state index contributed by atoms with van der Waals surface area (Å²) in [5, 5.41) is 22.3. The van der Waals surface area contributed by atoms with E-state index in [1.165, 1.54) is 0 Å². The van der Waals surface area contributed by atoms with E-state index in [0.29, 0.717) is 26.1 Å². The summed E-state index contributed by atoms with van der Waals surface area (Å²) in [4.78, 5) is 36.5. The number of nitrogens with one attached hydrogen (secondary N) is 3. The van der Waals surface area contributed by atoms with E-state index in [1.807, 2.05) is 4.90 Å². The van der Waals surface area contributed by atoms with Crippen molar-refractivity contribution in [1.82, 2.24) is 20.9 Å². The quantitative estimate of drug-likeness (QED) is 0.0771. The maximum atomic E-state index is 13.4. The Morgan fingerprint density at radius 2 is 1.67 bits per heavy atom. The maximum absolute atomic E-state index is 13.4. The summed E-state index contributed by atoms with van der Waals surface area (Å²) >= 11 is 0. The molecule has 0 radical (unpaired) electrons. The first-order valence-corrected chi connectivity index (χ1v) is 15.3. The Hall–Kier alpha value is -1.00. The minimum atomic E-state index is -4.17. The molecule has 0 spiro atoms. The number of rotatable bonds is 11. The number of hydrogen-bond acceptors (Lipinski definition) is 8. The number of hydrogen-bond donors (Lipinski definition) is 6. The van der Waals surface area contributed by atoms with Crippen LogP contribution in [0.5, 0.6) is 0 Å². The summed E-state index contributed by atoms with van der Waals surface area (Å²) in [6.07, 6.45) is 1.18. The lowest BCUT2D eigenvalue weighted by Crippen LogP contribution is -2.42. The lowest BCUT2D eigenvalue weighted by atomic mass is 10.2. The van der Waals surface area contributed by atoms with Gasteiger partial charge in [0.1, 0.15) is 5.90 Å². The SMILES string of the molecule is [N-]=[N+]=NCCCC(N1CCCNCCNCCCNCC1)P(=O)(O)CP(=O)(O)CCC(=O)O. The van der Waals surface area contributed by atoms with Crippen LogP contribution in [0.2, 0.25) is 0 Å². The second-order valence-electron chi connectivity index (χ2n) is 8.18. The Morgan fingerprint density at radius 3 is 2.30 bits per heavy atom. The normalized spacial score (nSPS) is 22.1. The number of nitrogens with zero attached hydrogens (tertiary/aromatic N) is 4. The van der Waals surface area contributed by atoms with Crippen LogP contribution >= 0.6 is 14.7 Å². The van der Waals surface area contributed by atoms with Crippen molar-refractivity contribution >= 4 is 20.7 Å². The van der Waals surface area contributed by atoms with Gasteiger partial charge in [0.2, 0.25) is 14.7 Å². The summed E-state index contributed by atoms with van der Waals surface area (Å²) < 4.78 is 25.9. The molecule has 6 N–H and O–H groups in total. The van der Waals surface area contributed by atoms with Gasteiger partial charge >= 0.3 is 5.97 Å². The number of aliphatic carboxylic acids is 1. The van der Waals surface area contributed by atoms with Crippen molar-refractivity contribution in [2.45, 2.75) is 37.9 Å². The molecule has 13 nitrogen and oxygen atoms in total. The zero-order chi connectivity index (χ0) is 24.6. The molecule has 0 aliphatic carbocycles. The standard InChI is InChI=1S/C18H39N7O6P2/c19-24-23-9-1-4-17(33(30,31)16-32(28,29)15-5-18(26)27)25-13-3-8-21-11-10-20-6-2-7-22-12-14-25/h17,20-22H,1-16H2,(H,26,27)(H,28,29)(H,30,31). The van der Waals surface area contributed by atoms with E-state index >= 15 is 0 Å². The van der Waals surface area contributed by atoms with Crippen LogP contribution < -0.4 is 16.0 Å². The Morgan fingerprint density at radius 1 is 1.03 bits per heavy atom. The highest BCUT2D eigenvalue weighted by Gasteiger charge is 2.40. The molecular weight excluding hydrogens is 472 g/mol. The predicted octanol–water partition coefficient (Wildman–Crippen LogP) is 1.24. The monoisotopic (exact) mass is 511 g/mol. The first kappa shape index (κ1) is 30.0. The van der Waals surface area contributed by atoms with Crippen LogP contribution in [0.3, 0.4) is 0 Å². The highest BCUT2D eigenvalue weighted by Crippen LogP contribution is 2.61. The fourth-order valence-electron chi connectivity index (χ4n) is 3.71. The number of carboxylic acids is 1. The van der Waals surface area contributed by atoms with Gasteiger partial charge in [-0.1, -0.05) is 5.11 Å². The molecule has 0 aromatic carbocycles. The molecule has 0 aromatic heterocycles. The zero-order valence-corrected chi connectivity index (χ0v) is 20.9. The van der Waals surface area contributed by atoms with Crippen molar-refractivity contribution in [1.29, 1.82) is 0 Å². The van der Waals surface area contributed by atoms with Crippen LogP contribution in [0.4, 0.5) is 0 Å². The van der Waals surface area contributed by atoms with Gasteiger partial charge in [0.05, 0.1) is 12.2 Å². The second kappa shape index (κ2) is 16.6. The summed E-state index contributed by atoms with van der Waals surface area (Å²) in [6.45, 7) is 5.85. The van der Waals surface area contributed by atoms with Gasteiger partial charge in [-0.05, 0) is 50.8 Å². The van der Waals surface area contributed by atoms with E-state index in [4.69, 9.17) is 10.6 Å². The highest BCUT2D eigenvalue weighted by atomic mass is 31.2. The minimum absolute atomic E-state index is 0.156. The third-order valence-electron chi connectivity index (χ3n) is 5.33. The van der Waals surface area contributed by atoms with Crippen LogP contribution in [-0.4, -0.2) is 103 Å². The van der Waals surface area contributed by atoms with Crippen LogP contribution in [0.15, 0.2) is 5.11 Å². The summed E-state index contributed by atoms with van der Waals surface area (Å²) in [5.74, 6) is -2.94. The van der Waals surface area contributed by atoms with E-state index in [2.05, 4.69) is 26.0 Å². The fourth-order valence-corrected chi connectivity index (χ4v) is 9.43. The van der Waals surface area contributed by atoms with Gasteiger partial charge in [0.15, 0.2) is 0 Å². The predicted molar refractivity (Wildman–Crippen MR) is 128 cm³/mol. The van der Waals surface area contributed by atoms with Gasteiger partial charge in [-0.15, -0.1) is 0 Å². The molecule has 3 unspecified atom stereocenters. The third-order valence-corrected chi connectivity index (χ3v) is 11.2. The largest absolute Gasteiger partial charge is 0.481 e. The first-order valence-electron chi connectivity index (χ1n) is 11.4. The lowest BCUT2D eigenvalue weighted by molar-refractivity contribution is -0.136. The Bertz CT molecular complexity index is 708. The molecule has 0 aromatic rings. The summed E-state index contributed by atoms with van der Waals surface area (Å²) in [5.41, 5.74) is 8.52. The van der Waals surface area contributed by atoms with Crippen LogP contribution in [0, 0.1) is 0 Å². The van der Waals surface area contributed by atoms with Gasteiger partial charge in [-0.2, -0.15) is 0 Å². The average molecular weight is 512 g/mol. The molecule has 3 atom stereocenters. The van der Waals surface area contributed by atoms with E-state index in [1.54, 1.807) is 0 Å². The molecule has 1 saturated heterocycles. The molecule has 1 rings (SSSR count). The minimum Gasteiger partial charge on any atom is -0.481 e. The van der Waals surface area contributed by atoms with Crippen LogP contribution in [-0.2, 0) is 13.9 Å². The molecule has 0 saturated carbocycles. The molecular formula is C18H39N7O6P2. The van der Waals surface area contributed by atoms with Crippen molar-refractivity contribution in [3.63, 3.8) is 0 Å². The Labute approximate surface area is 195 Å². The topological polar surface area (TPSA) is 200 Å². The zero-order valence-electron chi connectivity index (χ0n) is 19.1. The lowest BCUT2D eigenvalue weighted by Gasteiger charge is -2.35. The van der Waals surface area contributed by atoms with E-state index in [9.17, 15) is 23.7 Å². The van der Waals surface area contributed by atoms with Crippen molar-refractivity contribution in [3.8, 4) is 0 Å². The first-order chi connectivity index (χ1) is 15.7. The molecule has 33 heavy (non-hydrogen) atoms. The second-order valence-corrected chi connectivity index (χ2v) is 13.6. The van der Waals surface area contributed by atoms with Crippen LogP contribution in [0.25, 0.3) is 10.4 Å². The van der Waals surface area contributed by atoms with Gasteiger partial charge < -0.3 is 30.8 Å². The summed E-state index contributed by atoms with van der Waals surface area (Å²) in [6, 6.07) is 0. The maximum Gasteiger partial charge on any atom is 0.303 e. The molecule has 1 aliphatic rings. The Balaban J connectivity index is 2.98. The van der Waals surface area contributed by atoms with Gasteiger partial charge in [-0.25, -0.2) is 0 Å². The average Bonchev–Trinajstić information content (AvgIpc) is 2.73. The Kier molecular flexibility index (Phi) is 15.1. The van der Waals surface area contributed by atoms with Crippen molar-refractivity contribution < 1.29 is 28.8 Å². The van der Waals surface area contributed by atoms with Gasteiger partial charge in [-0.3, -0.25) is 18.8 Å². The smallest absolute Gasteiger partial charge is 0.303 e. The number of carbonyl (C=O) groups is 1. The molecule has 0 amide bonds. The highest BCUT2D eigenvalue weighted by molar-refractivity contribution is 7.75. The number of azide groups is 1. The van der Waals surface area contributed by atoms with E-state index in [0.717, 1.165) is 45.6 Å². The van der Waals surface area contributed by atoms with Crippen molar-refractivity contribution in [2.75, 3.05) is 71.0 Å². The molecule has 15 heteroatoms. The molecule has 1 aliphatic heterocycles.